The molecule has 1 fully saturated rings. The number of nitrogens with one attached hydrogen (secondary N) is 1. The maximum Gasteiger partial charge on any atom is 0.153 e. The van der Waals surface area contributed by atoms with Crippen molar-refractivity contribution >= 4 is 5.82 Å². The third kappa shape index (κ3) is 2.27. The summed E-state index contributed by atoms with van der Waals surface area (Å²) >= 11 is 0. The van der Waals surface area contributed by atoms with Crippen LogP contribution >= 0.6 is 0 Å². The topological polar surface area (TPSA) is 63.9 Å². The highest BCUT2D eigenvalue weighted by molar-refractivity contribution is 5.77. The second kappa shape index (κ2) is 5.20. The lowest BCUT2D eigenvalue weighted by atomic mass is 9.91. The van der Waals surface area contributed by atoms with Crippen molar-refractivity contribution < 1.29 is 13.5 Å². The Labute approximate surface area is 114 Å². The summed E-state index contributed by atoms with van der Waals surface area (Å²) < 4.78 is 32.3. The number of hydrogen-bond donors (Lipinski definition) is 2. The summed E-state index contributed by atoms with van der Waals surface area (Å²) in [5, 5.41) is 6.88. The van der Waals surface area contributed by atoms with Crippen molar-refractivity contribution in [2.75, 3.05) is 18.9 Å². The summed E-state index contributed by atoms with van der Waals surface area (Å²) in [6.45, 7) is 1.32. The van der Waals surface area contributed by atoms with Crippen LogP contribution < -0.4 is 5.73 Å². The van der Waals surface area contributed by atoms with Crippen LogP contribution in [0, 0.1) is 11.6 Å². The smallest absolute Gasteiger partial charge is 0.153 e. The van der Waals surface area contributed by atoms with Crippen molar-refractivity contribution in [2.24, 2.45) is 0 Å². The normalized spacial score (nSPS) is 16.5. The van der Waals surface area contributed by atoms with Gasteiger partial charge in [0.2, 0.25) is 0 Å². The molecule has 0 unspecified atom stereocenters. The van der Waals surface area contributed by atoms with Gasteiger partial charge in [0, 0.05) is 42.0 Å². The van der Waals surface area contributed by atoms with E-state index in [9.17, 15) is 8.78 Å². The van der Waals surface area contributed by atoms with Gasteiger partial charge in [0.15, 0.2) is 5.82 Å². The molecule has 0 spiro atoms. The lowest BCUT2D eigenvalue weighted by Gasteiger charge is -2.22. The molecule has 0 radical (unpaired) electrons. The van der Waals surface area contributed by atoms with E-state index < -0.39 is 11.6 Å². The van der Waals surface area contributed by atoms with Crippen LogP contribution in [-0.2, 0) is 4.74 Å². The molecule has 1 aliphatic rings. The highest BCUT2D eigenvalue weighted by Gasteiger charge is 2.25. The number of H-pyrrole nitrogens is 1. The van der Waals surface area contributed by atoms with Gasteiger partial charge < -0.3 is 10.5 Å². The van der Waals surface area contributed by atoms with Crippen molar-refractivity contribution in [3.05, 3.63) is 35.5 Å². The number of aromatic nitrogens is 2. The molecule has 1 aliphatic heterocycles. The third-order valence-corrected chi connectivity index (χ3v) is 3.65. The van der Waals surface area contributed by atoms with Gasteiger partial charge in [0.25, 0.3) is 0 Å². The van der Waals surface area contributed by atoms with Crippen LogP contribution in [0.25, 0.3) is 11.1 Å². The van der Waals surface area contributed by atoms with Crippen molar-refractivity contribution in [1.82, 2.24) is 10.2 Å². The van der Waals surface area contributed by atoms with Crippen molar-refractivity contribution in [3.63, 3.8) is 0 Å². The van der Waals surface area contributed by atoms with Crippen molar-refractivity contribution in [3.8, 4) is 11.1 Å². The molecule has 6 heteroatoms. The molecule has 1 aromatic carbocycles. The van der Waals surface area contributed by atoms with Gasteiger partial charge in [-0.1, -0.05) is 0 Å². The Morgan fingerprint density at radius 2 is 2.00 bits per heavy atom. The molecule has 0 bridgehead atoms. The number of nitrogens with zero attached hydrogens (tertiary/aromatic N) is 1. The standard InChI is InChI=1S/C14H15F2N3O/c15-9-1-2-10(11(16)7-9)12-13(18-19-14(12)17)8-3-5-20-6-4-8/h1-2,7-8H,3-6H2,(H3,17,18,19). The number of benzene rings is 1. The van der Waals surface area contributed by atoms with E-state index in [0.29, 0.717) is 18.8 Å². The number of nitrogens with two attached hydrogens (primary N) is 1. The summed E-state index contributed by atoms with van der Waals surface area (Å²) in [4.78, 5) is 0. The van der Waals surface area contributed by atoms with Crippen molar-refractivity contribution in [2.45, 2.75) is 18.8 Å². The van der Waals surface area contributed by atoms with Crippen LogP contribution in [0.1, 0.15) is 24.5 Å². The first-order chi connectivity index (χ1) is 9.66. The highest BCUT2D eigenvalue weighted by atomic mass is 19.1. The van der Waals surface area contributed by atoms with Gasteiger partial charge in [-0.3, -0.25) is 5.10 Å². The Morgan fingerprint density at radius 1 is 1.25 bits per heavy atom. The number of rotatable bonds is 2. The molecule has 106 valence electrons. The monoisotopic (exact) mass is 279 g/mol. The molecule has 0 saturated carbocycles. The van der Waals surface area contributed by atoms with E-state index in [0.717, 1.165) is 24.6 Å². The summed E-state index contributed by atoms with van der Waals surface area (Å²) in [6, 6.07) is 3.48. The molecule has 1 aromatic heterocycles. The Morgan fingerprint density at radius 3 is 2.70 bits per heavy atom. The fraction of sp³-hybridized carbons (Fsp3) is 0.357. The first kappa shape index (κ1) is 13.1. The van der Waals surface area contributed by atoms with Gasteiger partial charge in [0.05, 0.1) is 0 Å². The van der Waals surface area contributed by atoms with E-state index in [1.54, 1.807) is 0 Å². The molecular formula is C14H15F2N3O. The Balaban J connectivity index is 2.06. The maximum absolute atomic E-state index is 14.0. The first-order valence-electron chi connectivity index (χ1n) is 6.53. The van der Waals surface area contributed by atoms with E-state index in [-0.39, 0.29) is 17.3 Å². The number of aromatic amines is 1. The van der Waals surface area contributed by atoms with E-state index in [1.165, 1.54) is 12.1 Å². The van der Waals surface area contributed by atoms with Crippen LogP contribution in [0.15, 0.2) is 18.2 Å². The molecule has 0 atom stereocenters. The van der Waals surface area contributed by atoms with Gasteiger partial charge in [-0.05, 0) is 25.0 Å². The number of ether oxygens (including phenoxy) is 1. The number of nitrogen functional groups attached to an aromatic ring is 1. The maximum atomic E-state index is 14.0. The predicted octanol–water partition coefficient (Wildman–Crippen LogP) is 2.83. The summed E-state index contributed by atoms with van der Waals surface area (Å²) in [7, 11) is 0. The van der Waals surface area contributed by atoms with Gasteiger partial charge >= 0.3 is 0 Å². The van der Waals surface area contributed by atoms with Crippen molar-refractivity contribution in [1.29, 1.82) is 0 Å². The van der Waals surface area contributed by atoms with Gasteiger partial charge in [0.1, 0.15) is 11.6 Å². The molecule has 4 nitrogen and oxygen atoms in total. The van der Waals surface area contributed by atoms with E-state index >= 15 is 0 Å². The lowest BCUT2D eigenvalue weighted by molar-refractivity contribution is 0.0846. The fourth-order valence-corrected chi connectivity index (χ4v) is 2.63. The largest absolute Gasteiger partial charge is 0.382 e. The number of anilines is 1. The Kier molecular flexibility index (Phi) is 3.40. The minimum Gasteiger partial charge on any atom is -0.382 e. The van der Waals surface area contributed by atoms with Crippen LogP contribution in [0.4, 0.5) is 14.6 Å². The van der Waals surface area contributed by atoms with E-state index in [1.807, 2.05) is 0 Å². The molecule has 2 heterocycles. The molecule has 1 saturated heterocycles. The third-order valence-electron chi connectivity index (χ3n) is 3.65. The first-order valence-corrected chi connectivity index (χ1v) is 6.53. The second-order valence-corrected chi connectivity index (χ2v) is 4.91. The minimum atomic E-state index is -0.633. The van der Waals surface area contributed by atoms with Crippen LogP contribution in [0.2, 0.25) is 0 Å². The average Bonchev–Trinajstić information content (AvgIpc) is 2.82. The Bertz CT molecular complexity index is 621. The highest BCUT2D eigenvalue weighted by Crippen LogP contribution is 2.37. The zero-order chi connectivity index (χ0) is 14.1. The van der Waals surface area contributed by atoms with E-state index in [2.05, 4.69) is 10.2 Å². The summed E-state index contributed by atoms with van der Waals surface area (Å²) in [5.41, 5.74) is 7.47. The molecule has 0 amide bonds. The van der Waals surface area contributed by atoms with Crippen LogP contribution in [0.3, 0.4) is 0 Å². The van der Waals surface area contributed by atoms with Crippen LogP contribution in [-0.4, -0.2) is 23.4 Å². The molecule has 2 aromatic rings. The quantitative estimate of drug-likeness (QED) is 0.888. The average molecular weight is 279 g/mol. The second-order valence-electron chi connectivity index (χ2n) is 4.91. The van der Waals surface area contributed by atoms with Crippen LogP contribution in [0.5, 0.6) is 0 Å². The molecule has 3 rings (SSSR count). The molecule has 3 N–H and O–H groups in total. The zero-order valence-electron chi connectivity index (χ0n) is 10.8. The summed E-state index contributed by atoms with van der Waals surface area (Å²) in [5.74, 6) is -0.808. The molecular weight excluding hydrogens is 264 g/mol. The predicted molar refractivity (Wildman–Crippen MR) is 71.1 cm³/mol. The summed E-state index contributed by atoms with van der Waals surface area (Å²) in [6.07, 6.45) is 1.66. The molecule has 20 heavy (non-hydrogen) atoms. The fourth-order valence-electron chi connectivity index (χ4n) is 2.63. The Hall–Kier alpha value is -1.95. The number of halogens is 2. The van der Waals surface area contributed by atoms with Gasteiger partial charge in [-0.25, -0.2) is 8.78 Å². The lowest BCUT2D eigenvalue weighted by Crippen LogP contribution is -2.15. The van der Waals surface area contributed by atoms with E-state index in [4.69, 9.17) is 10.5 Å². The SMILES string of the molecule is Nc1n[nH]c(C2CCOCC2)c1-c1ccc(F)cc1F. The van der Waals surface area contributed by atoms with Gasteiger partial charge in [-0.15, -0.1) is 0 Å². The zero-order valence-corrected chi connectivity index (χ0v) is 10.8. The minimum absolute atomic E-state index is 0.202. The number of hydrogen-bond acceptors (Lipinski definition) is 3. The van der Waals surface area contributed by atoms with Gasteiger partial charge in [-0.2, -0.15) is 5.10 Å². The molecule has 0 aliphatic carbocycles.